The first kappa shape index (κ1) is 13.7. The number of benzene rings is 1. The van der Waals surface area contributed by atoms with E-state index in [1.165, 1.54) is 5.56 Å². The minimum Gasteiger partial charge on any atom is -0.326 e. The number of nitrogens with two attached hydrogens (primary N) is 1. The minimum absolute atomic E-state index is 0.0185. The first-order valence-corrected chi connectivity index (χ1v) is 5.96. The SMILES string of the molecule is CC(C#N)CN(C)C(c1ccccc1)C(C)N. The van der Waals surface area contributed by atoms with Crippen LogP contribution in [0, 0.1) is 17.2 Å². The lowest BCUT2D eigenvalue weighted by Gasteiger charge is -2.32. The molecule has 0 aliphatic carbocycles. The first-order valence-electron chi connectivity index (χ1n) is 5.96. The van der Waals surface area contributed by atoms with Crippen LogP contribution in [0.3, 0.4) is 0 Å². The number of hydrogen-bond donors (Lipinski definition) is 1. The Balaban J connectivity index is 2.84. The number of likely N-dealkylation sites (N-methyl/N-ethyl adjacent to an activating group) is 1. The summed E-state index contributed by atoms with van der Waals surface area (Å²) < 4.78 is 0. The second kappa shape index (κ2) is 6.39. The molecule has 3 nitrogen and oxygen atoms in total. The molecule has 17 heavy (non-hydrogen) atoms. The maximum Gasteiger partial charge on any atom is 0.0666 e. The van der Waals surface area contributed by atoms with Crippen molar-refractivity contribution in [3.63, 3.8) is 0 Å². The molecule has 2 N–H and O–H groups in total. The third-order valence-corrected chi connectivity index (χ3v) is 2.90. The summed E-state index contributed by atoms with van der Waals surface area (Å²) in [5, 5.41) is 8.87. The molecule has 1 aromatic carbocycles. The number of nitrogens with zero attached hydrogens (tertiary/aromatic N) is 2. The average molecular weight is 231 g/mol. The van der Waals surface area contributed by atoms with Crippen molar-refractivity contribution in [1.82, 2.24) is 4.90 Å². The number of nitriles is 1. The van der Waals surface area contributed by atoms with Crippen LogP contribution in [0.1, 0.15) is 25.5 Å². The lowest BCUT2D eigenvalue weighted by molar-refractivity contribution is 0.205. The lowest BCUT2D eigenvalue weighted by atomic mass is 9.99. The highest BCUT2D eigenvalue weighted by Gasteiger charge is 2.22. The van der Waals surface area contributed by atoms with Crippen LogP contribution in [0.15, 0.2) is 30.3 Å². The zero-order chi connectivity index (χ0) is 12.8. The van der Waals surface area contributed by atoms with Crippen LogP contribution in [-0.2, 0) is 0 Å². The van der Waals surface area contributed by atoms with E-state index < -0.39 is 0 Å². The first-order chi connectivity index (χ1) is 8.06. The largest absolute Gasteiger partial charge is 0.326 e. The maximum atomic E-state index is 8.87. The molecule has 1 rings (SSSR count). The molecule has 0 amide bonds. The fraction of sp³-hybridized carbons (Fsp3) is 0.500. The molecule has 0 aromatic heterocycles. The van der Waals surface area contributed by atoms with Crippen LogP contribution in [0.2, 0.25) is 0 Å². The molecule has 0 bridgehead atoms. The van der Waals surface area contributed by atoms with Crippen molar-refractivity contribution in [2.45, 2.75) is 25.9 Å². The predicted molar refractivity (Wildman–Crippen MR) is 70.2 cm³/mol. The molecule has 1 aromatic rings. The van der Waals surface area contributed by atoms with Crippen LogP contribution >= 0.6 is 0 Å². The molecule has 0 spiro atoms. The highest BCUT2D eigenvalue weighted by molar-refractivity contribution is 5.20. The predicted octanol–water partition coefficient (Wildman–Crippen LogP) is 2.17. The van der Waals surface area contributed by atoms with E-state index in [2.05, 4.69) is 23.1 Å². The fourth-order valence-corrected chi connectivity index (χ4v) is 2.20. The molecule has 0 saturated carbocycles. The second-order valence-electron chi connectivity index (χ2n) is 4.68. The molecular weight excluding hydrogens is 210 g/mol. The summed E-state index contributed by atoms with van der Waals surface area (Å²) in [7, 11) is 2.02. The van der Waals surface area contributed by atoms with Gasteiger partial charge in [0.1, 0.15) is 0 Å². The van der Waals surface area contributed by atoms with E-state index in [0.29, 0.717) is 0 Å². The van der Waals surface area contributed by atoms with E-state index >= 15 is 0 Å². The zero-order valence-electron chi connectivity index (χ0n) is 10.8. The molecule has 3 heteroatoms. The standard InChI is InChI=1S/C14H21N3/c1-11(9-15)10-17(3)14(12(2)16)13-7-5-4-6-8-13/h4-8,11-12,14H,10,16H2,1-3H3. The molecule has 3 unspecified atom stereocenters. The Kier molecular flexibility index (Phi) is 5.14. The van der Waals surface area contributed by atoms with Crippen LogP contribution in [0.4, 0.5) is 0 Å². The van der Waals surface area contributed by atoms with E-state index in [9.17, 15) is 0 Å². The van der Waals surface area contributed by atoms with E-state index in [4.69, 9.17) is 11.0 Å². The second-order valence-corrected chi connectivity index (χ2v) is 4.68. The van der Waals surface area contributed by atoms with Gasteiger partial charge in [-0.2, -0.15) is 5.26 Å². The third-order valence-electron chi connectivity index (χ3n) is 2.90. The van der Waals surface area contributed by atoms with Crippen molar-refractivity contribution in [2.75, 3.05) is 13.6 Å². The summed E-state index contributed by atoms with van der Waals surface area (Å²) in [6.07, 6.45) is 0. The Labute approximate surface area is 104 Å². The van der Waals surface area contributed by atoms with Crippen LogP contribution in [0.25, 0.3) is 0 Å². The Hall–Kier alpha value is -1.37. The van der Waals surface area contributed by atoms with Crippen molar-refractivity contribution in [2.24, 2.45) is 11.7 Å². The van der Waals surface area contributed by atoms with Crippen molar-refractivity contribution < 1.29 is 0 Å². The molecular formula is C14H21N3. The zero-order valence-corrected chi connectivity index (χ0v) is 10.8. The molecule has 0 aliphatic heterocycles. The van der Waals surface area contributed by atoms with Gasteiger partial charge in [-0.05, 0) is 26.5 Å². The quantitative estimate of drug-likeness (QED) is 0.845. The van der Waals surface area contributed by atoms with Gasteiger partial charge in [0.25, 0.3) is 0 Å². The van der Waals surface area contributed by atoms with Gasteiger partial charge in [0.15, 0.2) is 0 Å². The number of rotatable bonds is 5. The van der Waals surface area contributed by atoms with Crippen molar-refractivity contribution >= 4 is 0 Å². The summed E-state index contributed by atoms with van der Waals surface area (Å²) in [5.41, 5.74) is 7.27. The smallest absolute Gasteiger partial charge is 0.0666 e. The summed E-state index contributed by atoms with van der Waals surface area (Å²) in [6, 6.07) is 12.7. The summed E-state index contributed by atoms with van der Waals surface area (Å²) in [5.74, 6) is 0.0185. The fourth-order valence-electron chi connectivity index (χ4n) is 2.20. The highest BCUT2D eigenvalue weighted by Crippen LogP contribution is 2.22. The number of hydrogen-bond acceptors (Lipinski definition) is 3. The topological polar surface area (TPSA) is 53.0 Å². The van der Waals surface area contributed by atoms with Gasteiger partial charge in [-0.15, -0.1) is 0 Å². The lowest BCUT2D eigenvalue weighted by Crippen LogP contribution is -2.39. The summed E-state index contributed by atoms with van der Waals surface area (Å²) in [6.45, 7) is 4.67. The average Bonchev–Trinajstić information content (AvgIpc) is 2.29. The summed E-state index contributed by atoms with van der Waals surface area (Å²) >= 11 is 0. The van der Waals surface area contributed by atoms with E-state index in [0.717, 1.165) is 6.54 Å². The molecule has 0 heterocycles. The van der Waals surface area contributed by atoms with E-state index in [-0.39, 0.29) is 18.0 Å². The molecule has 92 valence electrons. The Morgan fingerprint density at radius 2 is 1.88 bits per heavy atom. The highest BCUT2D eigenvalue weighted by atomic mass is 15.1. The molecule has 0 radical (unpaired) electrons. The van der Waals surface area contributed by atoms with E-state index in [1.54, 1.807) is 0 Å². The van der Waals surface area contributed by atoms with Crippen molar-refractivity contribution in [1.29, 1.82) is 5.26 Å². The Morgan fingerprint density at radius 1 is 1.29 bits per heavy atom. The van der Waals surface area contributed by atoms with Gasteiger partial charge < -0.3 is 5.73 Å². The minimum atomic E-state index is 0.0185. The monoisotopic (exact) mass is 231 g/mol. The van der Waals surface area contributed by atoms with Gasteiger partial charge in [-0.3, -0.25) is 4.90 Å². The molecule has 0 fully saturated rings. The molecule has 3 atom stereocenters. The van der Waals surface area contributed by atoms with Crippen molar-refractivity contribution in [3.05, 3.63) is 35.9 Å². The van der Waals surface area contributed by atoms with Crippen molar-refractivity contribution in [3.8, 4) is 6.07 Å². The van der Waals surface area contributed by atoms with Gasteiger partial charge in [-0.25, -0.2) is 0 Å². The van der Waals surface area contributed by atoms with Gasteiger partial charge in [-0.1, -0.05) is 30.3 Å². The Bertz CT molecular complexity index is 367. The van der Waals surface area contributed by atoms with Gasteiger partial charge in [0.2, 0.25) is 0 Å². The summed E-state index contributed by atoms with van der Waals surface area (Å²) in [4.78, 5) is 2.16. The van der Waals surface area contributed by atoms with Crippen LogP contribution < -0.4 is 5.73 Å². The normalized spacial score (nSPS) is 16.2. The Morgan fingerprint density at radius 3 is 2.35 bits per heavy atom. The van der Waals surface area contributed by atoms with Crippen LogP contribution in [0.5, 0.6) is 0 Å². The van der Waals surface area contributed by atoms with Crippen LogP contribution in [-0.4, -0.2) is 24.5 Å². The molecule has 0 saturated heterocycles. The van der Waals surface area contributed by atoms with Gasteiger partial charge in [0.05, 0.1) is 12.0 Å². The maximum absolute atomic E-state index is 8.87. The van der Waals surface area contributed by atoms with Gasteiger partial charge >= 0.3 is 0 Å². The third kappa shape index (κ3) is 3.85. The molecule has 0 aliphatic rings. The van der Waals surface area contributed by atoms with E-state index in [1.807, 2.05) is 39.1 Å². The van der Waals surface area contributed by atoms with Gasteiger partial charge in [0, 0.05) is 18.6 Å².